The van der Waals surface area contributed by atoms with Gasteiger partial charge in [0.25, 0.3) is 0 Å². The van der Waals surface area contributed by atoms with Crippen molar-refractivity contribution in [1.82, 2.24) is 14.1 Å². The Hall–Kier alpha value is -2.44. The number of fused-ring (bicyclic) bond motifs is 1. The maximum atomic E-state index is 11.8. The van der Waals surface area contributed by atoms with Gasteiger partial charge in [-0.1, -0.05) is 0 Å². The fraction of sp³-hybridized carbons (Fsp3) is 0.273. The first kappa shape index (κ1) is 12.0. The minimum Gasteiger partial charge on any atom is -0.480 e. The second kappa shape index (κ2) is 4.44. The Bertz CT molecular complexity index is 729. The van der Waals surface area contributed by atoms with E-state index in [9.17, 15) is 14.4 Å². The molecule has 0 saturated heterocycles. The maximum absolute atomic E-state index is 11.8. The van der Waals surface area contributed by atoms with Crippen LogP contribution in [0.4, 0.5) is 0 Å². The summed E-state index contributed by atoms with van der Waals surface area (Å²) in [6.07, 6.45) is 1.49. The number of aryl methyl sites for hydroxylation is 1. The molecule has 7 nitrogen and oxygen atoms in total. The van der Waals surface area contributed by atoms with Crippen LogP contribution in [0.2, 0.25) is 0 Å². The lowest BCUT2D eigenvalue weighted by Crippen LogP contribution is -2.42. The van der Waals surface area contributed by atoms with Gasteiger partial charge in [-0.2, -0.15) is 0 Å². The van der Waals surface area contributed by atoms with Crippen molar-refractivity contribution < 1.29 is 9.90 Å². The molecule has 0 amide bonds. The van der Waals surface area contributed by atoms with Crippen LogP contribution in [0.3, 0.4) is 0 Å². The van der Waals surface area contributed by atoms with Gasteiger partial charge in [0.2, 0.25) is 0 Å². The summed E-state index contributed by atoms with van der Waals surface area (Å²) in [5.74, 6) is -1.18. The lowest BCUT2D eigenvalue weighted by molar-refractivity contribution is -0.137. The summed E-state index contributed by atoms with van der Waals surface area (Å²) in [5, 5.41) is 8.78. The Morgan fingerprint density at radius 3 is 2.61 bits per heavy atom. The summed E-state index contributed by atoms with van der Waals surface area (Å²) in [4.78, 5) is 38.4. The largest absolute Gasteiger partial charge is 0.480 e. The highest BCUT2D eigenvalue weighted by molar-refractivity contribution is 5.74. The molecule has 0 aliphatic carbocycles. The third kappa shape index (κ3) is 1.79. The van der Waals surface area contributed by atoms with Crippen LogP contribution in [0.5, 0.6) is 0 Å². The minimum atomic E-state index is -1.18. The standard InChI is InChI=1S/C11H11N3O4/c1-2-13-9-7(4-3-5-12-9)14(6-8(15)16)11(18)10(13)17/h3-5H,2,6H2,1H3,(H,15,16). The van der Waals surface area contributed by atoms with Gasteiger partial charge >= 0.3 is 17.1 Å². The Morgan fingerprint density at radius 2 is 2.00 bits per heavy atom. The molecule has 7 heteroatoms. The van der Waals surface area contributed by atoms with Gasteiger partial charge in [-0.3, -0.25) is 23.5 Å². The van der Waals surface area contributed by atoms with E-state index in [0.717, 1.165) is 4.57 Å². The maximum Gasteiger partial charge on any atom is 0.323 e. The Morgan fingerprint density at radius 1 is 1.33 bits per heavy atom. The van der Waals surface area contributed by atoms with E-state index in [1.165, 1.54) is 10.8 Å². The zero-order chi connectivity index (χ0) is 13.3. The number of nitrogens with zero attached hydrogens (tertiary/aromatic N) is 3. The van der Waals surface area contributed by atoms with Crippen molar-refractivity contribution in [1.29, 1.82) is 0 Å². The minimum absolute atomic E-state index is 0.301. The third-order valence-corrected chi connectivity index (χ3v) is 2.60. The molecule has 2 rings (SSSR count). The van der Waals surface area contributed by atoms with E-state index in [1.807, 2.05) is 0 Å². The molecule has 0 bridgehead atoms. The van der Waals surface area contributed by atoms with Crippen LogP contribution >= 0.6 is 0 Å². The molecule has 2 aromatic rings. The zero-order valence-electron chi connectivity index (χ0n) is 9.66. The van der Waals surface area contributed by atoms with E-state index < -0.39 is 23.6 Å². The molecular formula is C11H11N3O4. The number of carboxylic acids is 1. The van der Waals surface area contributed by atoms with Gasteiger partial charge in [-0.05, 0) is 19.1 Å². The molecule has 0 unspecified atom stereocenters. The van der Waals surface area contributed by atoms with Crippen molar-refractivity contribution in [3.8, 4) is 0 Å². The molecule has 0 radical (unpaired) electrons. The topological polar surface area (TPSA) is 94.2 Å². The van der Waals surface area contributed by atoms with E-state index >= 15 is 0 Å². The molecule has 2 heterocycles. The molecule has 2 aromatic heterocycles. The van der Waals surface area contributed by atoms with Gasteiger partial charge in [0.05, 0.1) is 5.52 Å². The van der Waals surface area contributed by atoms with Crippen LogP contribution < -0.4 is 11.1 Å². The van der Waals surface area contributed by atoms with E-state index in [4.69, 9.17) is 5.11 Å². The van der Waals surface area contributed by atoms with Gasteiger partial charge in [0.15, 0.2) is 5.65 Å². The summed E-state index contributed by atoms with van der Waals surface area (Å²) in [7, 11) is 0. The molecule has 18 heavy (non-hydrogen) atoms. The first-order chi connectivity index (χ1) is 8.56. The number of aliphatic carboxylic acids is 1. The summed E-state index contributed by atoms with van der Waals surface area (Å²) in [5.41, 5.74) is -0.957. The Balaban J connectivity index is 2.95. The summed E-state index contributed by atoms with van der Waals surface area (Å²) in [6.45, 7) is 1.47. The first-order valence-electron chi connectivity index (χ1n) is 5.36. The van der Waals surface area contributed by atoms with Crippen molar-refractivity contribution in [3.05, 3.63) is 39.0 Å². The predicted molar refractivity (Wildman–Crippen MR) is 63.6 cm³/mol. The van der Waals surface area contributed by atoms with Crippen molar-refractivity contribution in [3.63, 3.8) is 0 Å². The Kier molecular flexibility index (Phi) is 2.97. The summed E-state index contributed by atoms with van der Waals surface area (Å²) < 4.78 is 2.16. The molecule has 0 saturated carbocycles. The van der Waals surface area contributed by atoms with Crippen LogP contribution in [0.1, 0.15) is 6.92 Å². The lowest BCUT2D eigenvalue weighted by atomic mass is 10.3. The highest BCUT2D eigenvalue weighted by Crippen LogP contribution is 2.06. The van der Waals surface area contributed by atoms with Gasteiger partial charge in [0, 0.05) is 12.7 Å². The molecule has 0 aliphatic heterocycles. The van der Waals surface area contributed by atoms with Crippen LogP contribution in [-0.4, -0.2) is 25.2 Å². The molecule has 0 fully saturated rings. The molecule has 1 N–H and O–H groups in total. The second-order valence-electron chi connectivity index (χ2n) is 3.68. The number of carbonyl (C=O) groups is 1. The highest BCUT2D eigenvalue weighted by atomic mass is 16.4. The van der Waals surface area contributed by atoms with Crippen molar-refractivity contribution >= 4 is 17.1 Å². The number of hydrogen-bond donors (Lipinski definition) is 1. The molecule has 0 aliphatic rings. The number of aromatic nitrogens is 3. The number of carboxylic acid groups (broad SMARTS) is 1. The third-order valence-electron chi connectivity index (χ3n) is 2.60. The number of pyridine rings is 1. The van der Waals surface area contributed by atoms with Crippen LogP contribution in [0.15, 0.2) is 27.9 Å². The predicted octanol–water partition coefficient (Wildman–Crippen LogP) is -0.337. The van der Waals surface area contributed by atoms with Crippen LogP contribution in [0, 0.1) is 0 Å². The monoisotopic (exact) mass is 249 g/mol. The molecular weight excluding hydrogens is 238 g/mol. The normalized spacial score (nSPS) is 10.7. The molecule has 0 spiro atoms. The van der Waals surface area contributed by atoms with Gasteiger partial charge in [0.1, 0.15) is 6.54 Å². The van der Waals surface area contributed by atoms with Crippen LogP contribution in [-0.2, 0) is 17.9 Å². The average Bonchev–Trinajstić information content (AvgIpc) is 2.35. The SMILES string of the molecule is CCn1c(=O)c(=O)n(CC(=O)O)c2cccnc21. The zero-order valence-corrected chi connectivity index (χ0v) is 9.66. The summed E-state index contributed by atoms with van der Waals surface area (Å²) in [6, 6.07) is 3.16. The van der Waals surface area contributed by atoms with E-state index in [-0.39, 0.29) is 0 Å². The number of hydrogen-bond acceptors (Lipinski definition) is 4. The molecule has 94 valence electrons. The fourth-order valence-corrected chi connectivity index (χ4v) is 1.83. The van der Waals surface area contributed by atoms with Crippen LogP contribution in [0.25, 0.3) is 11.2 Å². The first-order valence-corrected chi connectivity index (χ1v) is 5.36. The van der Waals surface area contributed by atoms with Gasteiger partial charge in [-0.15, -0.1) is 0 Å². The fourth-order valence-electron chi connectivity index (χ4n) is 1.83. The van der Waals surface area contributed by atoms with E-state index in [0.29, 0.717) is 17.7 Å². The van der Waals surface area contributed by atoms with Gasteiger partial charge in [-0.25, -0.2) is 4.98 Å². The quantitative estimate of drug-likeness (QED) is 0.751. The smallest absolute Gasteiger partial charge is 0.323 e. The second-order valence-corrected chi connectivity index (χ2v) is 3.68. The average molecular weight is 249 g/mol. The van der Waals surface area contributed by atoms with Gasteiger partial charge < -0.3 is 5.11 Å². The van der Waals surface area contributed by atoms with Crippen molar-refractivity contribution in [2.45, 2.75) is 20.0 Å². The summed E-state index contributed by atoms with van der Waals surface area (Å²) >= 11 is 0. The van der Waals surface area contributed by atoms with Crippen molar-refractivity contribution in [2.75, 3.05) is 0 Å². The molecule has 0 aromatic carbocycles. The van der Waals surface area contributed by atoms with E-state index in [1.54, 1.807) is 19.1 Å². The Labute approximate surface area is 101 Å². The lowest BCUT2D eigenvalue weighted by Gasteiger charge is -2.11. The van der Waals surface area contributed by atoms with E-state index in [2.05, 4.69) is 4.98 Å². The van der Waals surface area contributed by atoms with Crippen molar-refractivity contribution in [2.24, 2.45) is 0 Å². The number of rotatable bonds is 3. The highest BCUT2D eigenvalue weighted by Gasteiger charge is 2.14. The molecule has 0 atom stereocenters.